The van der Waals surface area contributed by atoms with Crippen molar-refractivity contribution in [2.45, 2.75) is 0 Å². The molecule has 0 unspecified atom stereocenters. The van der Waals surface area contributed by atoms with Gasteiger partial charge in [0.1, 0.15) is 0 Å². The van der Waals surface area contributed by atoms with E-state index in [1.54, 1.807) is 18.2 Å². The van der Waals surface area contributed by atoms with E-state index in [1.807, 2.05) is 24.3 Å². The van der Waals surface area contributed by atoms with E-state index in [0.717, 1.165) is 10.2 Å². The molecule has 0 atom stereocenters. The van der Waals surface area contributed by atoms with Crippen LogP contribution < -0.4 is 9.47 Å². The van der Waals surface area contributed by atoms with Crippen LogP contribution in [0, 0.1) is 0 Å². The Kier molecular flexibility index (Phi) is 4.48. The smallest absolute Gasteiger partial charge is 0.214 e. The van der Waals surface area contributed by atoms with Crippen LogP contribution in [0.4, 0.5) is 0 Å². The molecule has 122 valence electrons. The number of benzene rings is 2. The summed E-state index contributed by atoms with van der Waals surface area (Å²) in [5.74, 6) is 0.305. The van der Waals surface area contributed by atoms with E-state index < -0.39 is 0 Å². The Hall–Kier alpha value is -2.86. The lowest BCUT2D eigenvalue weighted by Gasteiger charge is -2.09. The first-order chi connectivity index (χ1) is 11.6. The Balaban J connectivity index is 1.88. The zero-order valence-corrected chi connectivity index (χ0v) is 14.0. The fourth-order valence-corrected chi connectivity index (χ4v) is 3.12. The summed E-state index contributed by atoms with van der Waals surface area (Å²) in [5, 5.41) is 10.3. The van der Waals surface area contributed by atoms with Crippen molar-refractivity contribution >= 4 is 33.4 Å². The minimum absolute atomic E-state index is 0.0744. The third kappa shape index (κ3) is 3.09. The number of nitrogens with zero attached hydrogens (tertiary/aromatic N) is 1. The number of fused-ring (bicyclic) bond motifs is 1. The van der Waals surface area contributed by atoms with Gasteiger partial charge in [-0.3, -0.25) is 4.79 Å². The zero-order valence-electron chi connectivity index (χ0n) is 13.1. The Morgan fingerprint density at radius 3 is 2.46 bits per heavy atom. The third-order valence-corrected chi connectivity index (χ3v) is 4.48. The molecule has 3 aromatic rings. The number of carbonyl (C=O) groups is 1. The molecule has 1 N–H and O–H groups in total. The van der Waals surface area contributed by atoms with Crippen LogP contribution in [-0.4, -0.2) is 30.1 Å². The van der Waals surface area contributed by atoms with Crippen molar-refractivity contribution in [2.75, 3.05) is 14.2 Å². The van der Waals surface area contributed by atoms with E-state index in [0.29, 0.717) is 10.6 Å². The fraction of sp³-hybridized carbons (Fsp3) is 0.111. The van der Waals surface area contributed by atoms with Gasteiger partial charge in [0.25, 0.3) is 0 Å². The van der Waals surface area contributed by atoms with E-state index in [2.05, 4.69) is 4.98 Å². The van der Waals surface area contributed by atoms with Gasteiger partial charge in [0, 0.05) is 0 Å². The van der Waals surface area contributed by atoms with Crippen molar-refractivity contribution in [3.05, 3.63) is 53.0 Å². The van der Waals surface area contributed by atoms with Crippen LogP contribution in [0.15, 0.2) is 42.5 Å². The lowest BCUT2D eigenvalue weighted by Crippen LogP contribution is -1.93. The quantitative estimate of drug-likeness (QED) is 0.563. The number of para-hydroxylation sites is 1. The van der Waals surface area contributed by atoms with E-state index in [4.69, 9.17) is 9.47 Å². The molecule has 0 amide bonds. The van der Waals surface area contributed by atoms with Crippen LogP contribution in [0.3, 0.4) is 0 Å². The molecule has 1 heterocycles. The summed E-state index contributed by atoms with van der Waals surface area (Å²) < 4.78 is 11.2. The Labute approximate surface area is 142 Å². The van der Waals surface area contributed by atoms with Gasteiger partial charge >= 0.3 is 0 Å². The van der Waals surface area contributed by atoms with Crippen LogP contribution in [0.2, 0.25) is 0 Å². The molecule has 0 saturated heterocycles. The van der Waals surface area contributed by atoms with Gasteiger partial charge in [-0.05, 0) is 35.9 Å². The SMILES string of the molecule is COc1cc(/C=C/C(=O)c2nc3ccccc3s2)cc(OC)c1O. The molecular weight excluding hydrogens is 326 g/mol. The molecule has 0 aliphatic rings. The molecule has 0 radical (unpaired) electrons. The van der Waals surface area contributed by atoms with Gasteiger partial charge in [0.2, 0.25) is 11.5 Å². The summed E-state index contributed by atoms with van der Waals surface area (Å²) in [4.78, 5) is 16.6. The molecule has 24 heavy (non-hydrogen) atoms. The Morgan fingerprint density at radius 2 is 1.83 bits per heavy atom. The lowest BCUT2D eigenvalue weighted by molar-refractivity contribution is 0.104. The predicted molar refractivity (Wildman–Crippen MR) is 94.2 cm³/mol. The summed E-state index contributed by atoms with van der Waals surface area (Å²) in [6, 6.07) is 10.9. The molecule has 2 aromatic carbocycles. The zero-order chi connectivity index (χ0) is 17.1. The molecule has 6 heteroatoms. The first-order valence-corrected chi connectivity index (χ1v) is 7.97. The Bertz CT molecular complexity index is 872. The van der Waals surface area contributed by atoms with Gasteiger partial charge in [-0.2, -0.15) is 0 Å². The standard InChI is InChI=1S/C18H15NO4S/c1-22-14-9-11(10-15(23-2)17(14)21)7-8-13(20)18-19-12-5-3-4-6-16(12)24-18/h3-10,21H,1-2H3/b8-7+. The maximum atomic E-state index is 12.3. The van der Waals surface area contributed by atoms with E-state index >= 15 is 0 Å². The average molecular weight is 341 g/mol. The summed E-state index contributed by atoms with van der Waals surface area (Å²) in [7, 11) is 2.91. The van der Waals surface area contributed by atoms with Crippen LogP contribution in [0.25, 0.3) is 16.3 Å². The molecule has 0 fully saturated rings. The third-order valence-electron chi connectivity index (χ3n) is 3.43. The van der Waals surface area contributed by atoms with Crippen molar-refractivity contribution in [3.8, 4) is 17.2 Å². The molecule has 1 aromatic heterocycles. The largest absolute Gasteiger partial charge is 0.502 e. The second-order valence-electron chi connectivity index (χ2n) is 4.96. The fourth-order valence-electron chi connectivity index (χ4n) is 2.23. The first-order valence-electron chi connectivity index (χ1n) is 7.15. The van der Waals surface area contributed by atoms with E-state index in [1.165, 1.54) is 31.6 Å². The minimum Gasteiger partial charge on any atom is -0.502 e. The highest BCUT2D eigenvalue weighted by atomic mass is 32.1. The average Bonchev–Trinajstić information content (AvgIpc) is 3.04. The maximum absolute atomic E-state index is 12.3. The maximum Gasteiger partial charge on any atom is 0.214 e. The number of methoxy groups -OCH3 is 2. The summed E-state index contributed by atoms with van der Waals surface area (Å²) in [6.45, 7) is 0. The van der Waals surface area contributed by atoms with E-state index in [-0.39, 0.29) is 23.0 Å². The molecule has 5 nitrogen and oxygen atoms in total. The molecule has 0 aliphatic carbocycles. The molecule has 0 bridgehead atoms. The number of thiazole rings is 1. The van der Waals surface area contributed by atoms with Crippen molar-refractivity contribution in [2.24, 2.45) is 0 Å². The summed E-state index contributed by atoms with van der Waals surface area (Å²) in [6.07, 6.45) is 3.09. The Morgan fingerprint density at radius 1 is 1.17 bits per heavy atom. The number of allylic oxidation sites excluding steroid dienone is 1. The number of aromatic nitrogens is 1. The predicted octanol–water partition coefficient (Wildman–Crippen LogP) is 3.92. The van der Waals surface area contributed by atoms with Gasteiger partial charge in [-0.15, -0.1) is 11.3 Å². The van der Waals surface area contributed by atoms with Gasteiger partial charge in [0.05, 0.1) is 24.4 Å². The number of rotatable bonds is 5. The monoisotopic (exact) mass is 341 g/mol. The van der Waals surface area contributed by atoms with E-state index in [9.17, 15) is 9.90 Å². The number of carbonyl (C=O) groups excluding carboxylic acids is 1. The summed E-state index contributed by atoms with van der Waals surface area (Å²) in [5.41, 5.74) is 1.49. The topological polar surface area (TPSA) is 68.7 Å². The van der Waals surface area contributed by atoms with Crippen LogP contribution in [0.1, 0.15) is 15.4 Å². The second kappa shape index (κ2) is 6.72. The molecule has 0 spiro atoms. The van der Waals surface area contributed by atoms with Gasteiger partial charge in [0.15, 0.2) is 16.5 Å². The van der Waals surface area contributed by atoms with Gasteiger partial charge in [-0.25, -0.2) is 4.98 Å². The number of aromatic hydroxyl groups is 1. The number of phenolic OH excluding ortho intramolecular Hbond substituents is 1. The lowest BCUT2D eigenvalue weighted by atomic mass is 10.1. The molecular formula is C18H15NO4S. The van der Waals surface area contributed by atoms with Gasteiger partial charge < -0.3 is 14.6 Å². The van der Waals surface area contributed by atoms with Crippen molar-refractivity contribution in [3.63, 3.8) is 0 Å². The van der Waals surface area contributed by atoms with Crippen molar-refractivity contribution < 1.29 is 19.4 Å². The first kappa shape index (κ1) is 16.0. The van der Waals surface area contributed by atoms with Gasteiger partial charge in [-0.1, -0.05) is 18.2 Å². The highest BCUT2D eigenvalue weighted by Crippen LogP contribution is 2.37. The number of ketones is 1. The van der Waals surface area contributed by atoms with Crippen molar-refractivity contribution in [1.82, 2.24) is 4.98 Å². The normalized spacial score (nSPS) is 11.1. The van der Waals surface area contributed by atoms with Crippen LogP contribution >= 0.6 is 11.3 Å². The van der Waals surface area contributed by atoms with Crippen LogP contribution in [0.5, 0.6) is 17.2 Å². The number of phenols is 1. The highest BCUT2D eigenvalue weighted by molar-refractivity contribution is 7.20. The van der Waals surface area contributed by atoms with Crippen LogP contribution in [-0.2, 0) is 0 Å². The molecule has 0 aliphatic heterocycles. The molecule has 0 saturated carbocycles. The molecule has 3 rings (SSSR count). The highest BCUT2D eigenvalue weighted by Gasteiger charge is 2.12. The second-order valence-corrected chi connectivity index (χ2v) is 5.99. The minimum atomic E-state index is -0.179. The van der Waals surface area contributed by atoms with Crippen molar-refractivity contribution in [1.29, 1.82) is 0 Å². The summed E-state index contributed by atoms with van der Waals surface area (Å²) >= 11 is 1.36. The number of hydrogen-bond donors (Lipinski definition) is 1. The number of ether oxygens (including phenoxy) is 2. The number of hydrogen-bond acceptors (Lipinski definition) is 6.